The van der Waals surface area contributed by atoms with Crippen LogP contribution < -0.4 is 4.74 Å². The van der Waals surface area contributed by atoms with Gasteiger partial charge in [0.1, 0.15) is 10.7 Å². The van der Waals surface area contributed by atoms with Gasteiger partial charge in [0.2, 0.25) is 0 Å². The lowest BCUT2D eigenvalue weighted by molar-refractivity contribution is 0.248. The van der Waals surface area contributed by atoms with E-state index in [-0.39, 0.29) is 13.0 Å². The number of hydrogen-bond donors (Lipinski definition) is 0. The molecule has 0 saturated heterocycles. The lowest BCUT2D eigenvalue weighted by Gasteiger charge is -2.16. The molecule has 0 saturated carbocycles. The maximum absolute atomic E-state index is 13.6. The van der Waals surface area contributed by atoms with Gasteiger partial charge in [0.05, 0.1) is 18.1 Å². The van der Waals surface area contributed by atoms with Crippen molar-refractivity contribution >= 4 is 19.7 Å². The summed E-state index contributed by atoms with van der Waals surface area (Å²) in [6, 6.07) is 3.09. The van der Waals surface area contributed by atoms with Crippen LogP contribution in [0.1, 0.15) is 20.3 Å². The number of halogens is 3. The summed E-state index contributed by atoms with van der Waals surface area (Å²) in [7, 11) is 0.763. The zero-order chi connectivity index (χ0) is 15.6. The molecule has 0 heterocycles. The third-order valence-electron chi connectivity index (χ3n) is 2.51. The Bertz CT molecular complexity index is 653. The van der Waals surface area contributed by atoms with E-state index in [2.05, 4.69) is 0 Å². The molecular weight excluding hydrogens is 312 g/mol. The Kier molecular flexibility index (Phi) is 4.95. The number of nitriles is 1. The molecule has 0 spiro atoms. The van der Waals surface area contributed by atoms with E-state index in [1.165, 1.54) is 0 Å². The Morgan fingerprint density at radius 1 is 1.40 bits per heavy atom. The summed E-state index contributed by atoms with van der Waals surface area (Å²) in [5, 5.41) is 8.82. The van der Waals surface area contributed by atoms with Crippen molar-refractivity contribution in [3.63, 3.8) is 0 Å². The lowest BCUT2D eigenvalue weighted by Crippen LogP contribution is -2.14. The van der Waals surface area contributed by atoms with Crippen LogP contribution in [0.5, 0.6) is 5.75 Å². The summed E-state index contributed by atoms with van der Waals surface area (Å²) in [4.78, 5) is -0.772. The molecule has 0 aliphatic rings. The van der Waals surface area contributed by atoms with E-state index in [4.69, 9.17) is 20.7 Å². The Morgan fingerprint density at radius 2 is 2.00 bits per heavy atom. The molecule has 0 aliphatic heterocycles. The first-order valence-corrected chi connectivity index (χ1v) is 7.85. The minimum atomic E-state index is -4.35. The highest BCUT2D eigenvalue weighted by Crippen LogP contribution is 2.31. The second kappa shape index (κ2) is 5.94. The van der Waals surface area contributed by atoms with Crippen molar-refractivity contribution in [2.45, 2.75) is 25.2 Å². The van der Waals surface area contributed by atoms with Crippen LogP contribution in [0.3, 0.4) is 0 Å². The van der Waals surface area contributed by atoms with Gasteiger partial charge >= 0.3 is 0 Å². The highest BCUT2D eigenvalue weighted by atomic mass is 35.7. The van der Waals surface area contributed by atoms with Crippen molar-refractivity contribution in [2.75, 3.05) is 6.61 Å². The molecule has 0 fully saturated rings. The van der Waals surface area contributed by atoms with E-state index in [1.807, 2.05) is 6.07 Å². The van der Waals surface area contributed by atoms with Gasteiger partial charge < -0.3 is 4.74 Å². The zero-order valence-corrected chi connectivity index (χ0v) is 12.4. The van der Waals surface area contributed by atoms with Gasteiger partial charge in [-0.15, -0.1) is 0 Å². The monoisotopic (exact) mass is 323 g/mol. The molecule has 110 valence electrons. The summed E-state index contributed by atoms with van der Waals surface area (Å²) in [5.41, 5.74) is -0.712. The first-order chi connectivity index (χ1) is 9.07. The first-order valence-electron chi connectivity index (χ1n) is 5.54. The number of rotatable bonds is 5. The second-order valence-corrected chi connectivity index (χ2v) is 7.28. The fourth-order valence-corrected chi connectivity index (χ4v) is 2.30. The predicted octanol–water partition coefficient (Wildman–Crippen LogP) is 3.21. The van der Waals surface area contributed by atoms with Crippen molar-refractivity contribution in [3.05, 3.63) is 23.8 Å². The molecule has 8 heteroatoms. The molecular formula is C12H12ClF2NO3S. The maximum Gasteiger partial charge on any atom is 0.265 e. The van der Waals surface area contributed by atoms with Crippen LogP contribution in [0, 0.1) is 28.4 Å². The van der Waals surface area contributed by atoms with E-state index in [0.29, 0.717) is 12.1 Å². The molecule has 1 aromatic rings. The van der Waals surface area contributed by atoms with Gasteiger partial charge in [-0.2, -0.15) is 5.26 Å². The average Bonchev–Trinajstić information content (AvgIpc) is 2.30. The highest BCUT2D eigenvalue weighted by Gasteiger charge is 2.24. The number of hydrogen-bond acceptors (Lipinski definition) is 4. The quantitative estimate of drug-likeness (QED) is 0.780. The smallest absolute Gasteiger partial charge is 0.265 e. The summed E-state index contributed by atoms with van der Waals surface area (Å²) in [5.74, 6) is -2.89. The largest absolute Gasteiger partial charge is 0.489 e. The number of ether oxygens (including phenoxy) is 1. The summed E-state index contributed by atoms with van der Waals surface area (Å²) >= 11 is 0. The minimum absolute atomic E-state index is 0.109. The van der Waals surface area contributed by atoms with Crippen molar-refractivity contribution in [3.8, 4) is 11.8 Å². The van der Waals surface area contributed by atoms with Gasteiger partial charge in [0.25, 0.3) is 9.05 Å². The van der Waals surface area contributed by atoms with Gasteiger partial charge in [0.15, 0.2) is 11.6 Å². The zero-order valence-electron chi connectivity index (χ0n) is 10.8. The number of benzene rings is 1. The molecule has 0 radical (unpaired) electrons. The highest BCUT2D eigenvalue weighted by molar-refractivity contribution is 8.13. The van der Waals surface area contributed by atoms with Gasteiger partial charge in [-0.25, -0.2) is 17.2 Å². The standard InChI is InChI=1S/C12H12ClF2NO3S/c1-12(2,7-16)3-4-19-11-9(15)5-8(14)6-10(11)20(13,17)18/h5-6H,3-4H2,1-2H3. The van der Waals surface area contributed by atoms with E-state index < -0.39 is 36.7 Å². The molecule has 0 aliphatic carbocycles. The molecule has 0 bridgehead atoms. The Labute approximate surface area is 120 Å². The summed E-state index contributed by atoms with van der Waals surface area (Å²) < 4.78 is 54.2. The van der Waals surface area contributed by atoms with E-state index in [9.17, 15) is 17.2 Å². The Balaban J connectivity index is 3.05. The number of nitrogens with zero attached hydrogens (tertiary/aromatic N) is 1. The molecule has 4 nitrogen and oxygen atoms in total. The van der Waals surface area contributed by atoms with Crippen molar-refractivity contribution in [1.29, 1.82) is 5.26 Å². The fourth-order valence-electron chi connectivity index (χ4n) is 1.32. The molecule has 0 amide bonds. The van der Waals surface area contributed by atoms with Crippen LogP contribution in [-0.4, -0.2) is 15.0 Å². The van der Waals surface area contributed by atoms with Crippen molar-refractivity contribution < 1.29 is 21.9 Å². The molecule has 1 aromatic carbocycles. The normalized spacial score (nSPS) is 12.0. The lowest BCUT2D eigenvalue weighted by atomic mass is 9.92. The van der Waals surface area contributed by atoms with E-state index in [1.54, 1.807) is 13.8 Å². The van der Waals surface area contributed by atoms with Crippen molar-refractivity contribution in [2.24, 2.45) is 5.41 Å². The summed E-state index contributed by atoms with van der Waals surface area (Å²) in [6.45, 7) is 3.19. The summed E-state index contributed by atoms with van der Waals surface area (Å²) in [6.07, 6.45) is 0.238. The molecule has 0 N–H and O–H groups in total. The maximum atomic E-state index is 13.6. The van der Waals surface area contributed by atoms with Crippen LogP contribution >= 0.6 is 10.7 Å². The third kappa shape index (κ3) is 4.32. The van der Waals surface area contributed by atoms with Gasteiger partial charge in [-0.3, -0.25) is 0 Å². The molecule has 0 unspecified atom stereocenters. The second-order valence-electron chi connectivity index (χ2n) is 4.75. The molecule has 0 atom stereocenters. The molecule has 20 heavy (non-hydrogen) atoms. The van der Waals surface area contributed by atoms with Crippen LogP contribution in [0.4, 0.5) is 8.78 Å². The van der Waals surface area contributed by atoms with Crippen LogP contribution in [-0.2, 0) is 9.05 Å². The molecule has 0 aromatic heterocycles. The molecule has 1 rings (SSSR count). The SMILES string of the molecule is CC(C)(C#N)CCOc1c(F)cc(F)cc1S(=O)(=O)Cl. The third-order valence-corrected chi connectivity index (χ3v) is 3.84. The van der Waals surface area contributed by atoms with Gasteiger partial charge in [-0.05, 0) is 26.3 Å². The minimum Gasteiger partial charge on any atom is -0.489 e. The van der Waals surface area contributed by atoms with Crippen LogP contribution in [0.2, 0.25) is 0 Å². The van der Waals surface area contributed by atoms with Crippen LogP contribution in [0.25, 0.3) is 0 Å². The van der Waals surface area contributed by atoms with Crippen LogP contribution in [0.15, 0.2) is 17.0 Å². The van der Waals surface area contributed by atoms with Crippen molar-refractivity contribution in [1.82, 2.24) is 0 Å². The Hall–Kier alpha value is -1.39. The topological polar surface area (TPSA) is 67.2 Å². The van der Waals surface area contributed by atoms with Gasteiger partial charge in [-0.1, -0.05) is 0 Å². The van der Waals surface area contributed by atoms with Gasteiger partial charge in [0, 0.05) is 16.7 Å². The predicted molar refractivity (Wildman–Crippen MR) is 68.9 cm³/mol. The fraction of sp³-hybridized carbons (Fsp3) is 0.417. The van der Waals surface area contributed by atoms with E-state index in [0.717, 1.165) is 0 Å². The van der Waals surface area contributed by atoms with E-state index >= 15 is 0 Å². The first kappa shape index (κ1) is 16.7. The average molecular weight is 324 g/mol. The Morgan fingerprint density at radius 3 is 2.50 bits per heavy atom.